The molecule has 0 spiro atoms. The Morgan fingerprint density at radius 2 is 1.70 bits per heavy atom. The number of nitrogen functional groups attached to an aromatic ring is 1. The van der Waals surface area contributed by atoms with Crippen LogP contribution in [0, 0.1) is 6.92 Å². The van der Waals surface area contributed by atoms with E-state index in [1.54, 1.807) is 18.2 Å². The van der Waals surface area contributed by atoms with E-state index in [4.69, 9.17) is 5.73 Å². The van der Waals surface area contributed by atoms with E-state index in [0.29, 0.717) is 5.69 Å². The van der Waals surface area contributed by atoms with Crippen molar-refractivity contribution in [3.8, 4) is 0 Å². The molecule has 0 unspecified atom stereocenters. The normalized spacial score (nSPS) is 18.4. The van der Waals surface area contributed by atoms with Crippen LogP contribution in [-0.4, -0.2) is 14.5 Å². The second-order valence-corrected chi connectivity index (χ2v) is 7.39. The maximum atomic E-state index is 12.4. The number of benzene rings is 1. The fourth-order valence-electron chi connectivity index (χ4n) is 2.77. The lowest BCUT2D eigenvalue weighted by molar-refractivity contribution is 0.426. The molecule has 1 fully saturated rings. The van der Waals surface area contributed by atoms with E-state index in [0.717, 1.165) is 31.2 Å². The maximum absolute atomic E-state index is 12.4. The van der Waals surface area contributed by atoms with Gasteiger partial charge in [-0.15, -0.1) is 0 Å². The number of aryl methyl sites for hydroxylation is 1. The molecule has 5 heteroatoms. The van der Waals surface area contributed by atoms with E-state index in [1.165, 1.54) is 19.3 Å². The lowest BCUT2D eigenvalue weighted by Crippen LogP contribution is -2.35. The van der Waals surface area contributed by atoms with Crippen LogP contribution in [0.2, 0.25) is 0 Å². The molecule has 112 valence electrons. The van der Waals surface area contributed by atoms with Crippen LogP contribution in [0.4, 0.5) is 5.69 Å². The minimum atomic E-state index is -3.51. The molecule has 0 saturated heterocycles. The Morgan fingerprint density at radius 1 is 1.10 bits per heavy atom. The highest BCUT2D eigenvalue weighted by molar-refractivity contribution is 7.89. The first-order chi connectivity index (χ1) is 9.49. The van der Waals surface area contributed by atoms with Gasteiger partial charge in [0.05, 0.1) is 5.69 Å². The summed E-state index contributed by atoms with van der Waals surface area (Å²) in [5, 5.41) is 0. The van der Waals surface area contributed by atoms with Crippen LogP contribution in [0.3, 0.4) is 0 Å². The van der Waals surface area contributed by atoms with Crippen LogP contribution in [0.25, 0.3) is 0 Å². The average Bonchev–Trinajstić information content (AvgIpc) is 2.31. The van der Waals surface area contributed by atoms with Crippen LogP contribution < -0.4 is 10.5 Å². The largest absolute Gasteiger partial charge is 0.398 e. The lowest BCUT2D eigenvalue weighted by Gasteiger charge is -2.21. The van der Waals surface area contributed by atoms with Crippen LogP contribution in [0.5, 0.6) is 0 Å². The molecule has 1 aromatic rings. The Kier molecular flexibility index (Phi) is 5.05. The van der Waals surface area contributed by atoms with Gasteiger partial charge in [0.1, 0.15) is 4.90 Å². The zero-order valence-electron chi connectivity index (χ0n) is 12.1. The van der Waals surface area contributed by atoms with Crippen molar-refractivity contribution in [2.75, 3.05) is 5.73 Å². The van der Waals surface area contributed by atoms with E-state index in [9.17, 15) is 8.42 Å². The van der Waals surface area contributed by atoms with Crippen molar-refractivity contribution in [2.24, 2.45) is 0 Å². The van der Waals surface area contributed by atoms with Crippen LogP contribution in [0.15, 0.2) is 23.1 Å². The summed E-state index contributed by atoms with van der Waals surface area (Å²) in [6, 6.07) is 5.12. The van der Waals surface area contributed by atoms with Gasteiger partial charge >= 0.3 is 0 Å². The van der Waals surface area contributed by atoms with E-state index in [-0.39, 0.29) is 10.9 Å². The Labute approximate surface area is 121 Å². The minimum absolute atomic E-state index is 0.0426. The molecule has 1 saturated carbocycles. The SMILES string of the molecule is Cc1ccc(S(=O)(=O)NC2CCCCCCC2)c(N)c1. The molecular weight excluding hydrogens is 272 g/mol. The average molecular weight is 296 g/mol. The molecule has 0 radical (unpaired) electrons. The highest BCUT2D eigenvalue weighted by Crippen LogP contribution is 2.22. The van der Waals surface area contributed by atoms with Gasteiger partial charge in [0, 0.05) is 6.04 Å². The minimum Gasteiger partial charge on any atom is -0.398 e. The van der Waals surface area contributed by atoms with Gasteiger partial charge in [0.15, 0.2) is 0 Å². The Hall–Kier alpha value is -1.07. The fraction of sp³-hybridized carbons (Fsp3) is 0.600. The number of sulfonamides is 1. The van der Waals surface area contributed by atoms with Gasteiger partial charge in [-0.2, -0.15) is 0 Å². The third-order valence-electron chi connectivity index (χ3n) is 3.88. The Balaban J connectivity index is 2.13. The van der Waals surface area contributed by atoms with Crippen LogP contribution in [-0.2, 0) is 10.0 Å². The van der Waals surface area contributed by atoms with Crippen molar-refractivity contribution in [3.05, 3.63) is 23.8 Å². The van der Waals surface area contributed by atoms with E-state index >= 15 is 0 Å². The van der Waals surface area contributed by atoms with E-state index in [2.05, 4.69) is 4.72 Å². The number of hydrogen-bond donors (Lipinski definition) is 2. The maximum Gasteiger partial charge on any atom is 0.242 e. The van der Waals surface area contributed by atoms with Gasteiger partial charge in [0.2, 0.25) is 10.0 Å². The summed E-state index contributed by atoms with van der Waals surface area (Å²) in [6.45, 7) is 1.90. The summed E-state index contributed by atoms with van der Waals surface area (Å²) in [5.74, 6) is 0. The number of nitrogens with one attached hydrogen (secondary N) is 1. The van der Waals surface area contributed by atoms with E-state index < -0.39 is 10.0 Å². The molecule has 0 atom stereocenters. The number of anilines is 1. The first kappa shape index (κ1) is 15.3. The lowest BCUT2D eigenvalue weighted by atomic mass is 9.97. The second kappa shape index (κ2) is 6.59. The molecule has 1 aliphatic carbocycles. The first-order valence-electron chi connectivity index (χ1n) is 7.37. The van der Waals surface area contributed by atoms with Crippen molar-refractivity contribution in [1.82, 2.24) is 4.72 Å². The summed E-state index contributed by atoms with van der Waals surface area (Å²) in [7, 11) is -3.51. The first-order valence-corrected chi connectivity index (χ1v) is 8.86. The van der Waals surface area contributed by atoms with Crippen molar-refractivity contribution in [2.45, 2.75) is 62.8 Å². The standard InChI is InChI=1S/C15H24N2O2S/c1-12-9-10-15(14(16)11-12)20(18,19)17-13-7-5-3-2-4-6-8-13/h9-11,13,17H,2-8,16H2,1H3. The highest BCUT2D eigenvalue weighted by atomic mass is 32.2. The third-order valence-corrected chi connectivity index (χ3v) is 5.48. The number of rotatable bonds is 3. The van der Waals surface area contributed by atoms with Crippen molar-refractivity contribution in [1.29, 1.82) is 0 Å². The summed E-state index contributed by atoms with van der Waals surface area (Å²) < 4.78 is 27.7. The van der Waals surface area contributed by atoms with Crippen molar-refractivity contribution in [3.63, 3.8) is 0 Å². The van der Waals surface area contributed by atoms with Gasteiger partial charge in [0.25, 0.3) is 0 Å². The monoisotopic (exact) mass is 296 g/mol. The van der Waals surface area contributed by atoms with Gasteiger partial charge in [-0.05, 0) is 37.5 Å². The zero-order chi connectivity index (χ0) is 14.6. The molecule has 0 amide bonds. The van der Waals surface area contributed by atoms with Gasteiger partial charge in [-0.25, -0.2) is 13.1 Å². The van der Waals surface area contributed by atoms with Crippen molar-refractivity contribution >= 4 is 15.7 Å². The predicted molar refractivity (Wildman–Crippen MR) is 82.0 cm³/mol. The quantitative estimate of drug-likeness (QED) is 0.842. The highest BCUT2D eigenvalue weighted by Gasteiger charge is 2.22. The summed E-state index contributed by atoms with van der Waals surface area (Å²) in [6.07, 6.45) is 7.70. The number of nitrogens with two attached hydrogens (primary N) is 1. The second-order valence-electron chi connectivity index (χ2n) is 5.70. The predicted octanol–water partition coefficient (Wildman–Crippen LogP) is 2.97. The molecule has 3 N–H and O–H groups in total. The Morgan fingerprint density at radius 3 is 2.30 bits per heavy atom. The summed E-state index contributed by atoms with van der Waals surface area (Å²) in [5.41, 5.74) is 7.14. The van der Waals surface area contributed by atoms with Crippen LogP contribution >= 0.6 is 0 Å². The molecule has 0 aromatic heterocycles. The van der Waals surface area contributed by atoms with Crippen molar-refractivity contribution < 1.29 is 8.42 Å². The molecule has 0 heterocycles. The van der Waals surface area contributed by atoms with Gasteiger partial charge < -0.3 is 5.73 Å². The smallest absolute Gasteiger partial charge is 0.242 e. The molecule has 1 aromatic carbocycles. The van der Waals surface area contributed by atoms with Gasteiger partial charge in [-0.1, -0.05) is 38.2 Å². The zero-order valence-corrected chi connectivity index (χ0v) is 12.9. The molecule has 0 bridgehead atoms. The fourth-order valence-corrected chi connectivity index (χ4v) is 4.19. The molecule has 4 nitrogen and oxygen atoms in total. The molecular formula is C15H24N2O2S. The molecule has 20 heavy (non-hydrogen) atoms. The topological polar surface area (TPSA) is 72.2 Å². The molecule has 2 rings (SSSR count). The van der Waals surface area contributed by atoms with Crippen LogP contribution in [0.1, 0.15) is 50.5 Å². The number of hydrogen-bond acceptors (Lipinski definition) is 3. The summed E-state index contributed by atoms with van der Waals surface area (Å²) in [4.78, 5) is 0.199. The molecule has 1 aliphatic rings. The molecule has 0 aliphatic heterocycles. The summed E-state index contributed by atoms with van der Waals surface area (Å²) >= 11 is 0. The van der Waals surface area contributed by atoms with Gasteiger partial charge in [-0.3, -0.25) is 0 Å². The van der Waals surface area contributed by atoms with E-state index in [1.807, 2.05) is 6.92 Å². The Bertz CT molecular complexity index is 547. The third kappa shape index (κ3) is 3.96.